The number of nitrogens with two attached hydrogens (primary N) is 2. The number of carboxylic acids is 1. The number of benzene rings is 1. The quantitative estimate of drug-likeness (QED) is 0.186. The van der Waals surface area contributed by atoms with Crippen molar-refractivity contribution in [2.45, 2.75) is 44.4 Å². The van der Waals surface area contributed by atoms with Crippen molar-refractivity contribution in [3.05, 3.63) is 28.8 Å². The molecular formula is C19H20F6N4O5. The van der Waals surface area contributed by atoms with E-state index in [4.69, 9.17) is 16.2 Å². The fourth-order valence-corrected chi connectivity index (χ4v) is 3.08. The second kappa shape index (κ2) is 10.1. The number of fused-ring (bicyclic) bond motifs is 1. The number of aliphatic imine (C=N–C) groups is 1. The summed E-state index contributed by atoms with van der Waals surface area (Å²) in [7, 11) is 0. The third kappa shape index (κ3) is 7.18. The molecule has 0 saturated heterocycles. The lowest BCUT2D eigenvalue weighted by atomic mass is 9.97. The van der Waals surface area contributed by atoms with E-state index in [0.29, 0.717) is 6.08 Å². The second-order valence-corrected chi connectivity index (χ2v) is 7.16. The van der Waals surface area contributed by atoms with E-state index in [1.165, 1.54) is 6.92 Å². The van der Waals surface area contributed by atoms with E-state index >= 15 is 0 Å². The van der Waals surface area contributed by atoms with E-state index in [1.54, 1.807) is 0 Å². The maximum absolute atomic E-state index is 13.6. The van der Waals surface area contributed by atoms with Crippen LogP contribution in [0, 0.1) is 6.92 Å². The molecule has 1 aromatic rings. The minimum Gasteiger partial charge on any atom is -0.480 e. The van der Waals surface area contributed by atoms with Crippen molar-refractivity contribution in [2.24, 2.45) is 16.5 Å². The molecule has 1 amide bonds. The molecule has 1 aliphatic heterocycles. The molecule has 2 atom stereocenters. The number of alkyl halides is 6. The van der Waals surface area contributed by atoms with Crippen molar-refractivity contribution in [3.63, 3.8) is 0 Å². The number of carbonyl (C=O) groups excluding carboxylic acids is 1. The third-order valence-electron chi connectivity index (χ3n) is 4.45. The Labute approximate surface area is 188 Å². The standard InChI is InChI=1S/C19H20F6N4O5/c1-8-5-10(34-19(23,24)25)6-9-7-11(14(18(20,21)22)33-13(8)9)15(30)29-12(16(31)32)3-2-4-28-17(26)27/h5-7,12,14H,2-4H2,1H3,(H,29,30)(H,31,32)(H4,26,27,28)/t12-,14-/m0/s1. The number of carboxylic acid groups (broad SMARTS) is 1. The molecule has 0 fully saturated rings. The van der Waals surface area contributed by atoms with Gasteiger partial charge in [-0.2, -0.15) is 13.2 Å². The molecule has 0 bridgehead atoms. The molecule has 6 N–H and O–H groups in total. The Balaban J connectivity index is 2.37. The van der Waals surface area contributed by atoms with Crippen molar-refractivity contribution in [1.29, 1.82) is 0 Å². The first-order chi connectivity index (χ1) is 15.6. The number of aliphatic carboxylic acids is 1. The predicted octanol–water partition coefficient (Wildman–Crippen LogP) is 2.22. The van der Waals surface area contributed by atoms with Crippen molar-refractivity contribution in [3.8, 4) is 11.5 Å². The SMILES string of the molecule is Cc1cc(OC(F)(F)F)cc2c1O[C@H](C(F)(F)F)C(C(=O)N[C@@H](CCCN=C(N)N)C(=O)O)=C2. The van der Waals surface area contributed by atoms with E-state index in [-0.39, 0.29) is 36.5 Å². The van der Waals surface area contributed by atoms with Gasteiger partial charge >= 0.3 is 18.5 Å². The summed E-state index contributed by atoms with van der Waals surface area (Å²) < 4.78 is 87.3. The summed E-state index contributed by atoms with van der Waals surface area (Å²) >= 11 is 0. The maximum atomic E-state index is 13.6. The monoisotopic (exact) mass is 498 g/mol. The van der Waals surface area contributed by atoms with Crippen LogP contribution in [0.1, 0.15) is 24.0 Å². The number of guanidine groups is 1. The number of nitrogens with one attached hydrogen (secondary N) is 1. The summed E-state index contributed by atoms with van der Waals surface area (Å²) in [5, 5.41) is 11.3. The Morgan fingerprint density at radius 2 is 1.88 bits per heavy atom. The topological polar surface area (TPSA) is 149 Å². The summed E-state index contributed by atoms with van der Waals surface area (Å²) in [4.78, 5) is 27.7. The number of rotatable bonds is 8. The lowest BCUT2D eigenvalue weighted by molar-refractivity contribution is -0.274. The third-order valence-corrected chi connectivity index (χ3v) is 4.45. The van der Waals surface area contributed by atoms with Gasteiger partial charge in [0.2, 0.25) is 6.10 Å². The smallest absolute Gasteiger partial charge is 0.480 e. The highest BCUT2D eigenvalue weighted by atomic mass is 19.4. The predicted molar refractivity (Wildman–Crippen MR) is 106 cm³/mol. The van der Waals surface area contributed by atoms with Crippen LogP contribution >= 0.6 is 0 Å². The number of hydrogen-bond acceptors (Lipinski definition) is 5. The largest absolute Gasteiger partial charge is 0.573 e. The molecule has 34 heavy (non-hydrogen) atoms. The highest BCUT2D eigenvalue weighted by Gasteiger charge is 2.49. The number of ether oxygens (including phenoxy) is 2. The minimum atomic E-state index is -5.10. The van der Waals surface area contributed by atoms with Crippen LogP contribution in [-0.4, -0.2) is 54.2 Å². The zero-order valence-corrected chi connectivity index (χ0v) is 17.5. The molecule has 0 aromatic heterocycles. The van der Waals surface area contributed by atoms with Crippen LogP contribution in [0.4, 0.5) is 26.3 Å². The molecule has 2 rings (SSSR count). The fraction of sp³-hybridized carbons (Fsp3) is 0.421. The second-order valence-electron chi connectivity index (χ2n) is 7.16. The average molecular weight is 498 g/mol. The van der Waals surface area contributed by atoms with Crippen LogP contribution in [0.3, 0.4) is 0 Å². The Morgan fingerprint density at radius 1 is 1.24 bits per heavy atom. The van der Waals surface area contributed by atoms with Gasteiger partial charge in [-0.1, -0.05) is 0 Å². The van der Waals surface area contributed by atoms with Gasteiger partial charge in [-0.15, -0.1) is 13.2 Å². The van der Waals surface area contributed by atoms with Gasteiger partial charge < -0.3 is 31.4 Å². The van der Waals surface area contributed by atoms with Crippen LogP contribution in [0.15, 0.2) is 22.7 Å². The molecule has 0 saturated carbocycles. The van der Waals surface area contributed by atoms with E-state index in [1.807, 2.05) is 5.32 Å². The number of halogens is 6. The van der Waals surface area contributed by atoms with Gasteiger partial charge in [0.05, 0.1) is 5.57 Å². The lowest BCUT2D eigenvalue weighted by Crippen LogP contribution is -2.47. The van der Waals surface area contributed by atoms with Crippen molar-refractivity contribution >= 4 is 23.9 Å². The zero-order valence-electron chi connectivity index (χ0n) is 17.5. The Morgan fingerprint density at radius 3 is 2.41 bits per heavy atom. The van der Waals surface area contributed by atoms with E-state index in [9.17, 15) is 41.0 Å². The summed E-state index contributed by atoms with van der Waals surface area (Å²) in [6, 6.07) is -0.0190. The summed E-state index contributed by atoms with van der Waals surface area (Å²) in [6.45, 7) is 1.21. The van der Waals surface area contributed by atoms with Crippen LogP contribution in [0.25, 0.3) is 6.08 Å². The molecule has 0 unspecified atom stereocenters. The van der Waals surface area contributed by atoms with Gasteiger partial charge in [-0.25, -0.2) is 4.79 Å². The number of carbonyl (C=O) groups is 2. The van der Waals surface area contributed by atoms with Gasteiger partial charge in [0, 0.05) is 12.1 Å². The molecule has 9 nitrogen and oxygen atoms in total. The van der Waals surface area contributed by atoms with Crippen molar-refractivity contribution in [1.82, 2.24) is 5.32 Å². The zero-order chi connectivity index (χ0) is 25.8. The van der Waals surface area contributed by atoms with Crippen LogP contribution in [0.5, 0.6) is 11.5 Å². The van der Waals surface area contributed by atoms with Gasteiger partial charge in [-0.05, 0) is 43.5 Å². The van der Waals surface area contributed by atoms with Crippen molar-refractivity contribution < 1.29 is 50.5 Å². The first kappa shape index (κ1) is 26.6. The van der Waals surface area contributed by atoms with Gasteiger partial charge in [0.25, 0.3) is 5.91 Å². The number of hydrogen-bond donors (Lipinski definition) is 4. The highest BCUT2D eigenvalue weighted by molar-refractivity contribution is 6.01. The first-order valence-electron chi connectivity index (χ1n) is 9.53. The Kier molecular flexibility index (Phi) is 7.89. The molecule has 0 spiro atoms. The first-order valence-corrected chi connectivity index (χ1v) is 9.53. The Hall–Kier alpha value is -3.65. The van der Waals surface area contributed by atoms with E-state index in [2.05, 4.69) is 9.73 Å². The average Bonchev–Trinajstić information content (AvgIpc) is 2.66. The molecule has 0 aliphatic carbocycles. The van der Waals surface area contributed by atoms with Gasteiger partial charge in [0.15, 0.2) is 5.96 Å². The van der Waals surface area contributed by atoms with Crippen LogP contribution in [0.2, 0.25) is 0 Å². The summed E-state index contributed by atoms with van der Waals surface area (Å²) in [6.07, 6.45) is -12.4. The fourth-order valence-electron chi connectivity index (χ4n) is 3.08. The molecule has 0 radical (unpaired) electrons. The molecule has 1 heterocycles. The number of amides is 1. The molecule has 1 aromatic carbocycles. The van der Waals surface area contributed by atoms with Crippen molar-refractivity contribution in [2.75, 3.05) is 6.54 Å². The van der Waals surface area contributed by atoms with E-state index < -0.39 is 53.6 Å². The minimum absolute atomic E-state index is 0.00754. The molecular weight excluding hydrogens is 478 g/mol. The lowest BCUT2D eigenvalue weighted by Gasteiger charge is -2.30. The van der Waals surface area contributed by atoms with E-state index in [0.717, 1.165) is 12.1 Å². The molecule has 188 valence electrons. The summed E-state index contributed by atoms with van der Waals surface area (Å²) in [5.74, 6) is -4.35. The summed E-state index contributed by atoms with van der Waals surface area (Å²) in [5.41, 5.74) is 8.84. The Bertz CT molecular complexity index is 1000. The molecule has 1 aliphatic rings. The number of nitrogens with zero attached hydrogens (tertiary/aromatic N) is 1. The normalized spacial score (nSPS) is 16.4. The maximum Gasteiger partial charge on any atom is 0.573 e. The van der Waals surface area contributed by atoms with Crippen LogP contribution < -0.4 is 26.3 Å². The highest BCUT2D eigenvalue weighted by Crippen LogP contribution is 2.41. The van der Waals surface area contributed by atoms with Gasteiger partial charge in [-0.3, -0.25) is 9.79 Å². The molecule has 15 heteroatoms. The van der Waals surface area contributed by atoms with Gasteiger partial charge in [0.1, 0.15) is 17.5 Å². The van der Waals surface area contributed by atoms with Crippen LogP contribution in [-0.2, 0) is 9.59 Å². The number of aryl methyl sites for hydroxylation is 1.